The first-order valence-corrected chi connectivity index (χ1v) is 6.38. The monoisotopic (exact) mass is 219 g/mol. The molecule has 16 heavy (non-hydrogen) atoms. The Morgan fingerprint density at radius 1 is 1.31 bits per heavy atom. The fraction of sp³-hybridized carbons (Fsp3) is 0.571. The Morgan fingerprint density at radius 3 is 2.88 bits per heavy atom. The van der Waals surface area contributed by atoms with Crippen LogP contribution in [0.3, 0.4) is 0 Å². The van der Waals surface area contributed by atoms with E-state index in [1.807, 2.05) is 6.07 Å². The first-order valence-electron chi connectivity index (χ1n) is 6.38. The van der Waals surface area contributed by atoms with Crippen molar-refractivity contribution in [3.8, 4) is 5.75 Å². The van der Waals surface area contributed by atoms with E-state index in [9.17, 15) is 0 Å². The number of rotatable bonds is 5. The first-order chi connectivity index (χ1) is 7.88. The van der Waals surface area contributed by atoms with Gasteiger partial charge in [0.2, 0.25) is 0 Å². The highest BCUT2D eigenvalue weighted by Gasteiger charge is 2.14. The molecule has 0 amide bonds. The Morgan fingerprint density at radius 2 is 2.12 bits per heavy atom. The standard InChI is InChI=1S/C14H21NO/c1-2-10-16-14-9-5-8-13(11-14)15-12-6-3-4-7-12/h5,8-9,11-12,15H,2-4,6-7,10H2,1H3. The van der Waals surface area contributed by atoms with Crippen LogP contribution in [0.25, 0.3) is 0 Å². The van der Waals surface area contributed by atoms with E-state index in [4.69, 9.17) is 4.74 Å². The van der Waals surface area contributed by atoms with E-state index < -0.39 is 0 Å². The van der Waals surface area contributed by atoms with Gasteiger partial charge in [-0.3, -0.25) is 0 Å². The molecule has 1 aromatic rings. The van der Waals surface area contributed by atoms with Gasteiger partial charge < -0.3 is 10.1 Å². The molecule has 0 radical (unpaired) electrons. The zero-order valence-electron chi connectivity index (χ0n) is 10.0. The number of benzene rings is 1. The Labute approximate surface area is 98.0 Å². The van der Waals surface area contributed by atoms with Crippen molar-refractivity contribution < 1.29 is 4.74 Å². The van der Waals surface area contributed by atoms with Crippen LogP contribution >= 0.6 is 0 Å². The Bertz CT molecular complexity index is 318. The van der Waals surface area contributed by atoms with Gasteiger partial charge in [0, 0.05) is 17.8 Å². The molecule has 1 aromatic carbocycles. The van der Waals surface area contributed by atoms with E-state index in [1.165, 1.54) is 31.4 Å². The Balaban J connectivity index is 1.92. The molecule has 0 aliphatic heterocycles. The number of hydrogen-bond acceptors (Lipinski definition) is 2. The summed E-state index contributed by atoms with van der Waals surface area (Å²) in [7, 11) is 0. The fourth-order valence-corrected chi connectivity index (χ4v) is 2.20. The highest BCUT2D eigenvalue weighted by Crippen LogP contribution is 2.24. The third kappa shape index (κ3) is 3.16. The normalized spacial score (nSPS) is 16.3. The van der Waals surface area contributed by atoms with E-state index in [2.05, 4.69) is 30.4 Å². The minimum atomic E-state index is 0.668. The van der Waals surface area contributed by atoms with Crippen LogP contribution in [-0.2, 0) is 0 Å². The summed E-state index contributed by atoms with van der Waals surface area (Å²) in [6.07, 6.45) is 6.40. The van der Waals surface area contributed by atoms with Crippen molar-refractivity contribution in [2.45, 2.75) is 45.1 Å². The number of anilines is 1. The van der Waals surface area contributed by atoms with Gasteiger partial charge >= 0.3 is 0 Å². The van der Waals surface area contributed by atoms with Crippen molar-refractivity contribution in [1.82, 2.24) is 0 Å². The van der Waals surface area contributed by atoms with Crippen molar-refractivity contribution in [1.29, 1.82) is 0 Å². The maximum atomic E-state index is 5.62. The highest BCUT2D eigenvalue weighted by molar-refractivity contribution is 5.48. The average molecular weight is 219 g/mol. The Kier molecular flexibility index (Phi) is 4.09. The molecule has 1 aliphatic rings. The molecule has 2 rings (SSSR count). The van der Waals surface area contributed by atoms with Gasteiger partial charge in [-0.1, -0.05) is 25.8 Å². The third-order valence-electron chi connectivity index (χ3n) is 3.03. The number of nitrogens with one attached hydrogen (secondary N) is 1. The predicted molar refractivity (Wildman–Crippen MR) is 68.1 cm³/mol. The minimum Gasteiger partial charge on any atom is -0.494 e. The van der Waals surface area contributed by atoms with Gasteiger partial charge in [-0.15, -0.1) is 0 Å². The van der Waals surface area contributed by atoms with Crippen LogP contribution in [0.2, 0.25) is 0 Å². The van der Waals surface area contributed by atoms with Crippen molar-refractivity contribution in [3.63, 3.8) is 0 Å². The lowest BCUT2D eigenvalue weighted by Crippen LogP contribution is -2.14. The molecule has 1 N–H and O–H groups in total. The van der Waals surface area contributed by atoms with E-state index >= 15 is 0 Å². The summed E-state index contributed by atoms with van der Waals surface area (Å²) in [6.45, 7) is 2.92. The summed E-state index contributed by atoms with van der Waals surface area (Å²) < 4.78 is 5.62. The van der Waals surface area contributed by atoms with Crippen LogP contribution in [0.1, 0.15) is 39.0 Å². The minimum absolute atomic E-state index is 0.668. The van der Waals surface area contributed by atoms with Crippen LogP contribution in [0.5, 0.6) is 5.75 Å². The second kappa shape index (κ2) is 5.78. The summed E-state index contributed by atoms with van der Waals surface area (Å²) in [6, 6.07) is 8.98. The van der Waals surface area contributed by atoms with Gasteiger partial charge in [0.15, 0.2) is 0 Å². The van der Waals surface area contributed by atoms with Gasteiger partial charge in [0.1, 0.15) is 5.75 Å². The summed E-state index contributed by atoms with van der Waals surface area (Å²) in [4.78, 5) is 0. The fourth-order valence-electron chi connectivity index (χ4n) is 2.20. The third-order valence-corrected chi connectivity index (χ3v) is 3.03. The van der Waals surface area contributed by atoms with E-state index in [-0.39, 0.29) is 0 Å². The molecular weight excluding hydrogens is 198 g/mol. The van der Waals surface area contributed by atoms with Crippen LogP contribution in [0.15, 0.2) is 24.3 Å². The SMILES string of the molecule is CCCOc1cccc(NC2CCCC2)c1. The quantitative estimate of drug-likeness (QED) is 0.812. The van der Waals surface area contributed by atoms with Crippen LogP contribution in [-0.4, -0.2) is 12.6 Å². The van der Waals surface area contributed by atoms with Crippen molar-refractivity contribution in [2.75, 3.05) is 11.9 Å². The van der Waals surface area contributed by atoms with Crippen molar-refractivity contribution in [2.24, 2.45) is 0 Å². The summed E-state index contributed by atoms with van der Waals surface area (Å²) in [5.74, 6) is 0.977. The molecule has 1 saturated carbocycles. The van der Waals surface area contributed by atoms with Crippen molar-refractivity contribution >= 4 is 5.69 Å². The molecule has 0 saturated heterocycles. The van der Waals surface area contributed by atoms with Gasteiger partial charge in [-0.05, 0) is 31.4 Å². The molecule has 88 valence electrons. The molecule has 0 heterocycles. The topological polar surface area (TPSA) is 21.3 Å². The number of hydrogen-bond donors (Lipinski definition) is 1. The molecule has 0 spiro atoms. The molecule has 0 atom stereocenters. The average Bonchev–Trinajstić information content (AvgIpc) is 2.80. The largest absolute Gasteiger partial charge is 0.494 e. The van der Waals surface area contributed by atoms with E-state index in [0.29, 0.717) is 6.04 Å². The first kappa shape index (κ1) is 11.3. The zero-order valence-corrected chi connectivity index (χ0v) is 10.0. The Hall–Kier alpha value is -1.18. The molecule has 0 bridgehead atoms. The predicted octanol–water partition coefficient (Wildman–Crippen LogP) is 3.83. The second-order valence-corrected chi connectivity index (χ2v) is 4.50. The lowest BCUT2D eigenvalue weighted by Gasteiger charge is -2.14. The number of ether oxygens (including phenoxy) is 1. The lowest BCUT2D eigenvalue weighted by atomic mass is 10.2. The molecule has 2 heteroatoms. The maximum Gasteiger partial charge on any atom is 0.121 e. The highest BCUT2D eigenvalue weighted by atomic mass is 16.5. The lowest BCUT2D eigenvalue weighted by molar-refractivity contribution is 0.317. The molecule has 2 nitrogen and oxygen atoms in total. The van der Waals surface area contributed by atoms with Gasteiger partial charge in [0.05, 0.1) is 6.61 Å². The van der Waals surface area contributed by atoms with Crippen LogP contribution in [0.4, 0.5) is 5.69 Å². The van der Waals surface area contributed by atoms with Gasteiger partial charge in [-0.25, -0.2) is 0 Å². The van der Waals surface area contributed by atoms with Crippen LogP contribution in [0, 0.1) is 0 Å². The van der Waals surface area contributed by atoms with Crippen LogP contribution < -0.4 is 10.1 Å². The second-order valence-electron chi connectivity index (χ2n) is 4.50. The van der Waals surface area contributed by atoms with E-state index in [1.54, 1.807) is 0 Å². The van der Waals surface area contributed by atoms with Gasteiger partial charge in [0.25, 0.3) is 0 Å². The summed E-state index contributed by atoms with van der Waals surface area (Å²) in [5, 5.41) is 3.58. The molecule has 0 unspecified atom stereocenters. The molecule has 0 aromatic heterocycles. The zero-order chi connectivity index (χ0) is 11.2. The summed E-state index contributed by atoms with van der Waals surface area (Å²) in [5.41, 5.74) is 1.19. The smallest absolute Gasteiger partial charge is 0.121 e. The van der Waals surface area contributed by atoms with Crippen molar-refractivity contribution in [3.05, 3.63) is 24.3 Å². The summed E-state index contributed by atoms with van der Waals surface area (Å²) >= 11 is 0. The van der Waals surface area contributed by atoms with E-state index in [0.717, 1.165) is 18.8 Å². The molecule has 1 fully saturated rings. The van der Waals surface area contributed by atoms with Gasteiger partial charge in [-0.2, -0.15) is 0 Å². The maximum absolute atomic E-state index is 5.62. The molecule has 1 aliphatic carbocycles. The molecular formula is C14H21NO.